The molecule has 1 atom stereocenters. The van der Waals surface area contributed by atoms with Crippen LogP contribution >= 0.6 is 0 Å². The van der Waals surface area contributed by atoms with Crippen LogP contribution in [0.3, 0.4) is 0 Å². The molecule has 2 nitrogen and oxygen atoms in total. The molecule has 0 bridgehead atoms. The third-order valence-corrected chi connectivity index (χ3v) is 3.75. The van der Waals surface area contributed by atoms with E-state index in [1.165, 1.54) is 18.2 Å². The Kier molecular flexibility index (Phi) is 4.40. The molecule has 0 spiro atoms. The lowest BCUT2D eigenvalue weighted by Gasteiger charge is -2.17. The number of ether oxygens (including phenoxy) is 1. The third-order valence-electron chi connectivity index (χ3n) is 3.75. The predicted molar refractivity (Wildman–Crippen MR) is 79.5 cm³/mol. The monoisotopic (exact) mass is 273 g/mol. The SMILES string of the molecule is COc1cccc(CC(N)c2cccc(C)c2C)c1F. The zero-order chi connectivity index (χ0) is 14.7. The minimum atomic E-state index is -0.323. The van der Waals surface area contributed by atoms with Crippen LogP contribution in [0.1, 0.15) is 28.3 Å². The third kappa shape index (κ3) is 2.83. The number of halogens is 1. The number of methoxy groups -OCH3 is 1. The number of rotatable bonds is 4. The summed E-state index contributed by atoms with van der Waals surface area (Å²) in [5, 5.41) is 0. The largest absolute Gasteiger partial charge is 0.494 e. The van der Waals surface area contributed by atoms with Gasteiger partial charge in [-0.1, -0.05) is 30.3 Å². The highest BCUT2D eigenvalue weighted by molar-refractivity contribution is 5.37. The van der Waals surface area contributed by atoms with Gasteiger partial charge in [0, 0.05) is 6.04 Å². The van der Waals surface area contributed by atoms with Gasteiger partial charge in [-0.05, 0) is 48.6 Å². The second-order valence-electron chi connectivity index (χ2n) is 5.03. The van der Waals surface area contributed by atoms with Gasteiger partial charge in [0.25, 0.3) is 0 Å². The topological polar surface area (TPSA) is 35.2 Å². The van der Waals surface area contributed by atoms with E-state index in [1.54, 1.807) is 18.2 Å². The first-order valence-electron chi connectivity index (χ1n) is 6.67. The second kappa shape index (κ2) is 6.06. The summed E-state index contributed by atoms with van der Waals surface area (Å²) in [6.07, 6.45) is 0.452. The van der Waals surface area contributed by atoms with Crippen LogP contribution in [0, 0.1) is 19.7 Å². The van der Waals surface area contributed by atoms with Gasteiger partial charge in [-0.3, -0.25) is 0 Å². The Morgan fingerprint density at radius 1 is 1.15 bits per heavy atom. The first kappa shape index (κ1) is 14.5. The fourth-order valence-electron chi connectivity index (χ4n) is 2.39. The van der Waals surface area contributed by atoms with Crippen LogP contribution in [-0.2, 0) is 6.42 Å². The van der Waals surface area contributed by atoms with Crippen LogP contribution in [0.25, 0.3) is 0 Å². The number of nitrogens with two attached hydrogens (primary N) is 1. The number of benzene rings is 2. The van der Waals surface area contributed by atoms with E-state index in [0.29, 0.717) is 12.0 Å². The van der Waals surface area contributed by atoms with Crippen molar-refractivity contribution < 1.29 is 9.13 Å². The molecule has 2 rings (SSSR count). The van der Waals surface area contributed by atoms with Gasteiger partial charge in [0.05, 0.1) is 7.11 Å². The average molecular weight is 273 g/mol. The van der Waals surface area contributed by atoms with E-state index in [4.69, 9.17) is 10.5 Å². The molecule has 0 saturated carbocycles. The molecule has 0 aromatic heterocycles. The molecule has 0 amide bonds. The van der Waals surface area contributed by atoms with Crippen LogP contribution in [0.2, 0.25) is 0 Å². The minimum absolute atomic E-state index is 0.225. The Bertz CT molecular complexity index is 610. The molecule has 2 aromatic rings. The van der Waals surface area contributed by atoms with E-state index in [9.17, 15) is 4.39 Å². The van der Waals surface area contributed by atoms with Crippen LogP contribution in [0.5, 0.6) is 5.75 Å². The summed E-state index contributed by atoms with van der Waals surface area (Å²) in [5.41, 5.74) is 10.3. The molecule has 0 aliphatic carbocycles. The highest BCUT2D eigenvalue weighted by Gasteiger charge is 2.15. The summed E-state index contributed by atoms with van der Waals surface area (Å²) in [6.45, 7) is 4.10. The molecule has 106 valence electrons. The average Bonchev–Trinajstić information content (AvgIpc) is 2.44. The van der Waals surface area contributed by atoms with E-state index in [-0.39, 0.29) is 17.6 Å². The highest BCUT2D eigenvalue weighted by Crippen LogP contribution is 2.26. The highest BCUT2D eigenvalue weighted by atomic mass is 19.1. The fourth-order valence-corrected chi connectivity index (χ4v) is 2.39. The van der Waals surface area contributed by atoms with Crippen molar-refractivity contribution in [2.75, 3.05) is 7.11 Å². The predicted octanol–water partition coefficient (Wildman–Crippen LogP) is 3.69. The van der Waals surface area contributed by atoms with E-state index >= 15 is 0 Å². The molecule has 0 saturated heterocycles. The maximum atomic E-state index is 14.1. The molecule has 0 heterocycles. The van der Waals surface area contributed by atoms with Crippen molar-refractivity contribution >= 4 is 0 Å². The number of hydrogen-bond acceptors (Lipinski definition) is 2. The Morgan fingerprint density at radius 2 is 1.85 bits per heavy atom. The first-order valence-corrected chi connectivity index (χ1v) is 6.67. The van der Waals surface area contributed by atoms with Crippen molar-refractivity contribution in [2.45, 2.75) is 26.3 Å². The van der Waals surface area contributed by atoms with E-state index < -0.39 is 0 Å². The fraction of sp³-hybridized carbons (Fsp3) is 0.294. The van der Waals surface area contributed by atoms with Gasteiger partial charge < -0.3 is 10.5 Å². The number of aryl methyl sites for hydroxylation is 1. The van der Waals surface area contributed by atoms with Crippen molar-refractivity contribution in [3.05, 3.63) is 64.5 Å². The molecule has 2 N–H and O–H groups in total. The summed E-state index contributed by atoms with van der Waals surface area (Å²) in [6, 6.07) is 11.0. The standard InChI is InChI=1S/C17H20FNO/c1-11-6-4-8-14(12(11)2)15(19)10-13-7-5-9-16(20-3)17(13)18/h4-9,15H,10,19H2,1-3H3. The summed E-state index contributed by atoms with van der Waals surface area (Å²) < 4.78 is 19.1. The van der Waals surface area contributed by atoms with E-state index in [0.717, 1.165) is 5.56 Å². The summed E-state index contributed by atoms with van der Waals surface area (Å²) >= 11 is 0. The Labute approximate surface area is 119 Å². The summed E-state index contributed by atoms with van der Waals surface area (Å²) in [7, 11) is 1.47. The lowest BCUT2D eigenvalue weighted by molar-refractivity contribution is 0.383. The van der Waals surface area contributed by atoms with Gasteiger partial charge in [0.2, 0.25) is 0 Å². The molecule has 0 radical (unpaired) electrons. The molecule has 2 aromatic carbocycles. The molecule has 0 fully saturated rings. The molecule has 0 aliphatic heterocycles. The molecular formula is C17H20FNO. The molecular weight excluding hydrogens is 253 g/mol. The number of hydrogen-bond donors (Lipinski definition) is 1. The van der Waals surface area contributed by atoms with Crippen LogP contribution in [0.4, 0.5) is 4.39 Å². The lowest BCUT2D eigenvalue weighted by atomic mass is 9.93. The first-order chi connectivity index (χ1) is 9.54. The molecule has 0 aliphatic rings. The normalized spacial score (nSPS) is 12.2. The van der Waals surface area contributed by atoms with Crippen molar-refractivity contribution in [1.29, 1.82) is 0 Å². The maximum Gasteiger partial charge on any atom is 0.168 e. The Morgan fingerprint density at radius 3 is 2.55 bits per heavy atom. The van der Waals surface area contributed by atoms with Gasteiger partial charge in [-0.2, -0.15) is 0 Å². The molecule has 3 heteroatoms. The summed E-state index contributed by atoms with van der Waals surface area (Å²) in [5.74, 6) is -0.0635. The lowest BCUT2D eigenvalue weighted by Crippen LogP contribution is -2.16. The van der Waals surface area contributed by atoms with Gasteiger partial charge in [0.1, 0.15) is 0 Å². The Hall–Kier alpha value is -1.87. The van der Waals surface area contributed by atoms with Crippen molar-refractivity contribution in [3.8, 4) is 5.75 Å². The quantitative estimate of drug-likeness (QED) is 0.922. The Balaban J connectivity index is 2.28. The van der Waals surface area contributed by atoms with Crippen molar-refractivity contribution in [3.63, 3.8) is 0 Å². The zero-order valence-corrected chi connectivity index (χ0v) is 12.1. The zero-order valence-electron chi connectivity index (χ0n) is 12.1. The smallest absolute Gasteiger partial charge is 0.168 e. The van der Waals surface area contributed by atoms with E-state index in [1.807, 2.05) is 19.1 Å². The second-order valence-corrected chi connectivity index (χ2v) is 5.03. The minimum Gasteiger partial charge on any atom is -0.494 e. The van der Waals surface area contributed by atoms with Crippen LogP contribution < -0.4 is 10.5 Å². The van der Waals surface area contributed by atoms with E-state index in [2.05, 4.69) is 13.0 Å². The van der Waals surface area contributed by atoms with Crippen molar-refractivity contribution in [1.82, 2.24) is 0 Å². The summed E-state index contributed by atoms with van der Waals surface area (Å²) in [4.78, 5) is 0. The molecule has 1 unspecified atom stereocenters. The van der Waals surface area contributed by atoms with Gasteiger partial charge in [-0.15, -0.1) is 0 Å². The van der Waals surface area contributed by atoms with Crippen LogP contribution in [0.15, 0.2) is 36.4 Å². The maximum absolute atomic E-state index is 14.1. The van der Waals surface area contributed by atoms with Crippen molar-refractivity contribution in [2.24, 2.45) is 5.73 Å². The van der Waals surface area contributed by atoms with Gasteiger partial charge in [0.15, 0.2) is 11.6 Å². The van der Waals surface area contributed by atoms with Gasteiger partial charge in [-0.25, -0.2) is 4.39 Å². The van der Waals surface area contributed by atoms with Gasteiger partial charge >= 0.3 is 0 Å². The molecule has 20 heavy (non-hydrogen) atoms. The van der Waals surface area contributed by atoms with Crippen LogP contribution in [-0.4, -0.2) is 7.11 Å².